The Kier molecular flexibility index (Phi) is 7.01. The van der Waals surface area contributed by atoms with Crippen LogP contribution in [0.1, 0.15) is 25.2 Å². The number of rotatable bonds is 8. The Morgan fingerprint density at radius 2 is 1.81 bits per heavy atom. The van der Waals surface area contributed by atoms with Gasteiger partial charge in [-0.15, -0.1) is 0 Å². The van der Waals surface area contributed by atoms with Crippen LogP contribution in [0.4, 0.5) is 0 Å². The highest BCUT2D eigenvalue weighted by molar-refractivity contribution is 5.79. The van der Waals surface area contributed by atoms with E-state index in [2.05, 4.69) is 0 Å². The fourth-order valence-corrected chi connectivity index (χ4v) is 3.40. The molecule has 2 aromatic rings. The highest BCUT2D eigenvalue weighted by atomic mass is 17.2. The lowest BCUT2D eigenvalue weighted by molar-refractivity contribution is -0.358. The predicted molar refractivity (Wildman–Crippen MR) is 108 cm³/mol. The molecule has 0 aliphatic carbocycles. The number of aliphatic hydroxyl groups excluding tert-OH is 5. The van der Waals surface area contributed by atoms with Gasteiger partial charge in [0.05, 0.1) is 12.0 Å². The van der Waals surface area contributed by atoms with E-state index in [9.17, 15) is 25.2 Å². The zero-order valence-corrected chi connectivity index (χ0v) is 17.5. The fraction of sp³-hybridized carbons (Fsp3) is 0.571. The molecule has 0 amide bonds. The van der Waals surface area contributed by atoms with Crippen LogP contribution in [0.3, 0.4) is 0 Å². The molecule has 0 bridgehead atoms. The van der Waals surface area contributed by atoms with Crippen LogP contribution in [0.2, 0.25) is 0 Å². The van der Waals surface area contributed by atoms with Gasteiger partial charge in [0.2, 0.25) is 0 Å². The molecule has 0 spiro atoms. The van der Waals surface area contributed by atoms with Crippen LogP contribution >= 0.6 is 0 Å². The Bertz CT molecular complexity index is 969. The third-order valence-electron chi connectivity index (χ3n) is 5.34. The van der Waals surface area contributed by atoms with Crippen molar-refractivity contribution in [3.05, 3.63) is 39.7 Å². The zero-order chi connectivity index (χ0) is 22.9. The maximum atomic E-state index is 12.3. The quantitative estimate of drug-likeness (QED) is 0.269. The first-order valence-corrected chi connectivity index (χ1v) is 9.91. The van der Waals surface area contributed by atoms with E-state index in [1.165, 1.54) is 6.07 Å². The van der Waals surface area contributed by atoms with Gasteiger partial charge in [-0.3, -0.25) is 4.79 Å². The van der Waals surface area contributed by atoms with Gasteiger partial charge in [-0.1, -0.05) is 0 Å². The van der Waals surface area contributed by atoms with Crippen LogP contribution in [0.25, 0.3) is 11.0 Å². The van der Waals surface area contributed by atoms with Crippen molar-refractivity contribution in [2.45, 2.75) is 63.3 Å². The Balaban J connectivity index is 1.69. The molecule has 5 atom stereocenters. The van der Waals surface area contributed by atoms with Crippen molar-refractivity contribution in [1.82, 2.24) is 0 Å². The summed E-state index contributed by atoms with van der Waals surface area (Å²) >= 11 is 0. The first kappa shape index (κ1) is 23.6. The molecule has 1 aliphatic heterocycles. The summed E-state index contributed by atoms with van der Waals surface area (Å²) in [5.74, 6) is 1.06. The second kappa shape index (κ2) is 9.21. The van der Waals surface area contributed by atoms with Gasteiger partial charge in [0.1, 0.15) is 59.8 Å². The molecule has 0 radical (unpaired) electrons. The molecule has 1 aromatic heterocycles. The van der Waals surface area contributed by atoms with Crippen molar-refractivity contribution >= 4 is 11.0 Å². The van der Waals surface area contributed by atoms with Crippen LogP contribution in [-0.4, -0.2) is 74.9 Å². The number of aliphatic hydroxyl groups is 5. The molecule has 0 saturated heterocycles. The van der Waals surface area contributed by atoms with E-state index in [4.69, 9.17) is 24.0 Å². The first-order valence-electron chi connectivity index (χ1n) is 9.91. The van der Waals surface area contributed by atoms with E-state index < -0.39 is 49.3 Å². The summed E-state index contributed by atoms with van der Waals surface area (Å²) < 4.78 is 11.6. The van der Waals surface area contributed by atoms with Crippen LogP contribution in [0, 0.1) is 6.92 Å². The Morgan fingerprint density at radius 3 is 2.48 bits per heavy atom. The van der Waals surface area contributed by atoms with E-state index in [0.29, 0.717) is 28.9 Å². The van der Waals surface area contributed by atoms with Crippen molar-refractivity contribution in [3.63, 3.8) is 0 Å². The van der Waals surface area contributed by atoms with Gasteiger partial charge in [0, 0.05) is 18.6 Å². The van der Waals surface area contributed by atoms with Gasteiger partial charge in [-0.2, -0.15) is 0 Å². The summed E-state index contributed by atoms with van der Waals surface area (Å²) in [5, 5.41) is 48.0. The summed E-state index contributed by atoms with van der Waals surface area (Å²) in [5.41, 5.74) is 0.149. The van der Waals surface area contributed by atoms with Crippen molar-refractivity contribution < 1.29 is 44.5 Å². The van der Waals surface area contributed by atoms with Crippen molar-refractivity contribution in [1.29, 1.82) is 0 Å². The molecule has 0 fully saturated rings. The number of hydrogen-bond donors (Lipinski definition) is 5. The molecule has 10 nitrogen and oxygen atoms in total. The number of fused-ring (bicyclic) bond motifs is 2. The molecule has 172 valence electrons. The monoisotopic (exact) mass is 440 g/mol. The van der Waals surface area contributed by atoms with E-state index in [1.54, 1.807) is 32.9 Å². The molecule has 3 rings (SSSR count). The van der Waals surface area contributed by atoms with E-state index >= 15 is 0 Å². The molecular weight excluding hydrogens is 412 g/mol. The van der Waals surface area contributed by atoms with Crippen molar-refractivity contribution in [2.75, 3.05) is 13.2 Å². The fourth-order valence-electron chi connectivity index (χ4n) is 3.40. The molecule has 5 N–H and O–H groups in total. The second-order valence-electron chi connectivity index (χ2n) is 8.25. The van der Waals surface area contributed by atoms with Gasteiger partial charge in [0.25, 0.3) is 0 Å². The SMILES string of the molecule is Cc1cc(=O)c2cc3c(cc2o1)OC(C)(C)C(OOCC(O)C(O)C(O)C(O)CO)C3. The Hall–Kier alpha value is -2.05. The number of aryl methyl sites for hydroxylation is 1. The van der Waals surface area contributed by atoms with Gasteiger partial charge >= 0.3 is 0 Å². The van der Waals surface area contributed by atoms with Crippen LogP contribution in [-0.2, 0) is 16.2 Å². The average molecular weight is 440 g/mol. The maximum absolute atomic E-state index is 12.3. The molecule has 10 heteroatoms. The zero-order valence-electron chi connectivity index (χ0n) is 17.5. The Morgan fingerprint density at radius 1 is 1.13 bits per heavy atom. The highest BCUT2D eigenvalue weighted by Gasteiger charge is 2.40. The Labute approximate surface area is 178 Å². The number of benzene rings is 1. The van der Waals surface area contributed by atoms with E-state index in [0.717, 1.165) is 5.56 Å². The van der Waals surface area contributed by atoms with E-state index in [1.807, 2.05) is 0 Å². The smallest absolute Gasteiger partial charge is 0.192 e. The van der Waals surface area contributed by atoms with E-state index in [-0.39, 0.29) is 5.43 Å². The maximum Gasteiger partial charge on any atom is 0.192 e. The second-order valence-corrected chi connectivity index (χ2v) is 8.25. The standard InChI is InChI=1S/C21H28O10/c1-10-4-13(23)12-5-11-6-18(21(2,3)30-16(11)7-17(12)29-10)31-28-9-15(25)20(27)19(26)14(24)8-22/h4-5,7,14-15,18-20,22,24-27H,6,8-9H2,1-3H3. The van der Waals surface area contributed by atoms with Gasteiger partial charge in [-0.25, -0.2) is 9.78 Å². The van der Waals surface area contributed by atoms with Crippen molar-refractivity contribution in [3.8, 4) is 5.75 Å². The average Bonchev–Trinajstić information content (AvgIpc) is 2.70. The summed E-state index contributed by atoms with van der Waals surface area (Å²) in [6, 6.07) is 4.77. The summed E-state index contributed by atoms with van der Waals surface area (Å²) in [7, 11) is 0. The highest BCUT2D eigenvalue weighted by Crippen LogP contribution is 2.37. The van der Waals surface area contributed by atoms with Crippen molar-refractivity contribution in [2.24, 2.45) is 0 Å². The predicted octanol–water partition coefficient (Wildman–Crippen LogP) is -0.432. The van der Waals surface area contributed by atoms with Gasteiger partial charge in [0.15, 0.2) is 5.43 Å². The molecular formula is C21H28O10. The molecule has 1 aliphatic rings. The van der Waals surface area contributed by atoms with Crippen LogP contribution < -0.4 is 10.2 Å². The summed E-state index contributed by atoms with van der Waals surface area (Å²) in [6.45, 7) is 3.99. The molecule has 5 unspecified atom stereocenters. The minimum atomic E-state index is -1.76. The van der Waals surface area contributed by atoms with Crippen LogP contribution in [0.5, 0.6) is 5.75 Å². The number of ether oxygens (including phenoxy) is 1. The number of hydrogen-bond acceptors (Lipinski definition) is 10. The normalized spacial score (nSPS) is 21.7. The van der Waals surface area contributed by atoms with Gasteiger partial charge < -0.3 is 34.7 Å². The lowest BCUT2D eigenvalue weighted by Gasteiger charge is -2.38. The minimum absolute atomic E-state index is 0.166. The molecule has 31 heavy (non-hydrogen) atoms. The van der Waals surface area contributed by atoms with Gasteiger partial charge in [-0.05, 0) is 32.4 Å². The molecule has 0 saturated carbocycles. The largest absolute Gasteiger partial charge is 0.485 e. The lowest BCUT2D eigenvalue weighted by Crippen LogP contribution is -2.49. The third kappa shape index (κ3) is 5.07. The molecule has 1 aromatic carbocycles. The summed E-state index contributed by atoms with van der Waals surface area (Å²) in [4.78, 5) is 22.8. The lowest BCUT2D eigenvalue weighted by atomic mass is 9.90. The third-order valence-corrected chi connectivity index (χ3v) is 5.34. The first-order chi connectivity index (χ1) is 14.5. The molecule has 2 heterocycles. The summed E-state index contributed by atoms with van der Waals surface area (Å²) in [6.07, 6.45) is -6.97. The van der Waals surface area contributed by atoms with Crippen LogP contribution in [0.15, 0.2) is 27.4 Å². The minimum Gasteiger partial charge on any atom is -0.485 e. The topological polar surface area (TPSA) is 159 Å².